The molecule has 1 unspecified atom stereocenters. The van der Waals surface area contributed by atoms with E-state index in [1.807, 2.05) is 0 Å². The highest BCUT2D eigenvalue weighted by Crippen LogP contribution is 2.24. The van der Waals surface area contributed by atoms with Crippen LogP contribution in [0.15, 0.2) is 0 Å². The summed E-state index contributed by atoms with van der Waals surface area (Å²) in [6, 6.07) is 0.594. The molecule has 0 aromatic heterocycles. The van der Waals surface area contributed by atoms with Gasteiger partial charge in [-0.25, -0.2) is 0 Å². The zero-order valence-electron chi connectivity index (χ0n) is 11.4. The lowest BCUT2D eigenvalue weighted by molar-refractivity contribution is -0.0250. The van der Waals surface area contributed by atoms with Crippen molar-refractivity contribution in [2.75, 3.05) is 34.0 Å². The first-order valence-electron chi connectivity index (χ1n) is 6.62. The number of aliphatic hydroxyl groups is 1. The highest BCUT2D eigenvalue weighted by atomic mass is 16.5. The first kappa shape index (κ1) is 14.9. The molecule has 1 aliphatic carbocycles. The fourth-order valence-corrected chi connectivity index (χ4v) is 2.73. The number of ether oxygens (including phenoxy) is 2. The van der Waals surface area contributed by atoms with Crippen LogP contribution in [0.4, 0.5) is 0 Å². The highest BCUT2D eigenvalue weighted by Gasteiger charge is 2.31. The molecule has 1 rings (SSSR count). The summed E-state index contributed by atoms with van der Waals surface area (Å²) in [5.74, 6) is 0. The third-order valence-electron chi connectivity index (χ3n) is 3.65. The SMILES string of the molecule is COCCN(C(C)COC)[C@@H]1CCCC[C@H]1O. The molecule has 0 aliphatic heterocycles. The standard InChI is InChI=1S/C13H27NO3/c1-11(10-17-3)14(8-9-16-2)12-6-4-5-7-13(12)15/h11-13,15H,4-10H2,1-3H3/t11?,12-,13-/m1/s1. The zero-order chi connectivity index (χ0) is 12.7. The Hall–Kier alpha value is -0.160. The van der Waals surface area contributed by atoms with E-state index in [1.165, 1.54) is 6.42 Å². The fraction of sp³-hybridized carbons (Fsp3) is 1.00. The molecule has 1 N–H and O–H groups in total. The van der Waals surface area contributed by atoms with Crippen molar-refractivity contribution in [2.24, 2.45) is 0 Å². The van der Waals surface area contributed by atoms with E-state index in [4.69, 9.17) is 9.47 Å². The van der Waals surface area contributed by atoms with Gasteiger partial charge in [-0.05, 0) is 19.8 Å². The Morgan fingerprint density at radius 3 is 2.53 bits per heavy atom. The molecular weight excluding hydrogens is 218 g/mol. The maximum absolute atomic E-state index is 10.1. The Balaban J connectivity index is 2.58. The molecule has 0 radical (unpaired) electrons. The lowest BCUT2D eigenvalue weighted by Gasteiger charge is -2.40. The van der Waals surface area contributed by atoms with Crippen LogP contribution < -0.4 is 0 Å². The quantitative estimate of drug-likeness (QED) is 0.733. The molecule has 1 saturated carbocycles. The maximum atomic E-state index is 10.1. The van der Waals surface area contributed by atoms with E-state index in [-0.39, 0.29) is 12.1 Å². The summed E-state index contributed by atoms with van der Waals surface area (Å²) in [5, 5.41) is 10.1. The van der Waals surface area contributed by atoms with Crippen molar-refractivity contribution in [3.8, 4) is 0 Å². The van der Waals surface area contributed by atoms with Crippen molar-refractivity contribution in [1.29, 1.82) is 0 Å². The Labute approximate surface area is 105 Å². The van der Waals surface area contributed by atoms with E-state index in [0.29, 0.717) is 19.3 Å². The highest BCUT2D eigenvalue weighted by molar-refractivity contribution is 4.85. The average molecular weight is 245 g/mol. The van der Waals surface area contributed by atoms with Crippen LogP contribution in [-0.2, 0) is 9.47 Å². The Morgan fingerprint density at radius 2 is 1.94 bits per heavy atom. The molecule has 0 bridgehead atoms. The van der Waals surface area contributed by atoms with Gasteiger partial charge in [-0.2, -0.15) is 0 Å². The van der Waals surface area contributed by atoms with Crippen LogP contribution in [0, 0.1) is 0 Å². The third-order valence-corrected chi connectivity index (χ3v) is 3.65. The van der Waals surface area contributed by atoms with Crippen molar-refractivity contribution in [3.05, 3.63) is 0 Å². The molecule has 4 nitrogen and oxygen atoms in total. The fourth-order valence-electron chi connectivity index (χ4n) is 2.73. The van der Waals surface area contributed by atoms with Gasteiger partial charge in [0.05, 0.1) is 19.3 Å². The van der Waals surface area contributed by atoms with Crippen LogP contribution in [0.1, 0.15) is 32.6 Å². The lowest BCUT2D eigenvalue weighted by atomic mass is 9.90. The maximum Gasteiger partial charge on any atom is 0.0695 e. The number of nitrogens with zero attached hydrogens (tertiary/aromatic N) is 1. The van der Waals surface area contributed by atoms with E-state index in [9.17, 15) is 5.11 Å². The summed E-state index contributed by atoms with van der Waals surface area (Å²) in [5.41, 5.74) is 0. The summed E-state index contributed by atoms with van der Waals surface area (Å²) >= 11 is 0. The predicted molar refractivity (Wildman–Crippen MR) is 68.2 cm³/mol. The summed E-state index contributed by atoms with van der Waals surface area (Å²) < 4.78 is 10.4. The van der Waals surface area contributed by atoms with Gasteiger partial charge in [0.2, 0.25) is 0 Å². The molecule has 0 aromatic carbocycles. The lowest BCUT2D eigenvalue weighted by Crippen LogP contribution is -2.51. The molecule has 0 saturated heterocycles. The number of hydrogen-bond donors (Lipinski definition) is 1. The number of hydrogen-bond acceptors (Lipinski definition) is 4. The van der Waals surface area contributed by atoms with Crippen LogP contribution in [0.2, 0.25) is 0 Å². The Bertz CT molecular complexity index is 201. The van der Waals surface area contributed by atoms with Crippen LogP contribution in [0.3, 0.4) is 0 Å². The monoisotopic (exact) mass is 245 g/mol. The molecule has 0 aromatic rings. The topological polar surface area (TPSA) is 41.9 Å². The molecule has 17 heavy (non-hydrogen) atoms. The van der Waals surface area contributed by atoms with E-state index < -0.39 is 0 Å². The summed E-state index contributed by atoms with van der Waals surface area (Å²) in [4.78, 5) is 2.34. The minimum Gasteiger partial charge on any atom is -0.391 e. The van der Waals surface area contributed by atoms with Gasteiger partial charge in [0.15, 0.2) is 0 Å². The van der Waals surface area contributed by atoms with Gasteiger partial charge in [0.1, 0.15) is 0 Å². The summed E-state index contributed by atoms with van der Waals surface area (Å²) in [6.07, 6.45) is 4.17. The second kappa shape index (κ2) is 8.03. The van der Waals surface area contributed by atoms with Crippen molar-refractivity contribution in [1.82, 2.24) is 4.90 Å². The van der Waals surface area contributed by atoms with Crippen LogP contribution in [0.5, 0.6) is 0 Å². The van der Waals surface area contributed by atoms with Gasteiger partial charge in [0.25, 0.3) is 0 Å². The zero-order valence-corrected chi connectivity index (χ0v) is 11.4. The third kappa shape index (κ3) is 4.54. The van der Waals surface area contributed by atoms with Gasteiger partial charge in [-0.15, -0.1) is 0 Å². The minimum atomic E-state index is -0.195. The first-order chi connectivity index (χ1) is 8.20. The predicted octanol–water partition coefficient (Wildman–Crippen LogP) is 1.27. The molecule has 0 amide bonds. The Kier molecular flexibility index (Phi) is 7.04. The summed E-state index contributed by atoms with van der Waals surface area (Å²) in [6.45, 7) is 4.42. The molecule has 102 valence electrons. The van der Waals surface area contributed by atoms with E-state index in [2.05, 4.69) is 11.8 Å². The Morgan fingerprint density at radius 1 is 1.24 bits per heavy atom. The van der Waals surface area contributed by atoms with Gasteiger partial charge < -0.3 is 14.6 Å². The first-order valence-corrected chi connectivity index (χ1v) is 6.62. The second-order valence-electron chi connectivity index (χ2n) is 4.95. The molecular formula is C13H27NO3. The van der Waals surface area contributed by atoms with Crippen molar-refractivity contribution < 1.29 is 14.6 Å². The van der Waals surface area contributed by atoms with Gasteiger partial charge in [0, 0.05) is 32.8 Å². The van der Waals surface area contributed by atoms with Crippen LogP contribution in [-0.4, -0.2) is 62.2 Å². The summed E-state index contributed by atoms with van der Waals surface area (Å²) in [7, 11) is 3.44. The molecule has 4 heteroatoms. The number of methoxy groups -OCH3 is 2. The van der Waals surface area contributed by atoms with Gasteiger partial charge >= 0.3 is 0 Å². The number of rotatable bonds is 7. The second-order valence-corrected chi connectivity index (χ2v) is 4.95. The normalized spacial score (nSPS) is 27.4. The van der Waals surface area contributed by atoms with Crippen molar-refractivity contribution >= 4 is 0 Å². The van der Waals surface area contributed by atoms with Gasteiger partial charge in [-0.1, -0.05) is 12.8 Å². The average Bonchev–Trinajstić information content (AvgIpc) is 2.32. The van der Waals surface area contributed by atoms with E-state index in [1.54, 1.807) is 14.2 Å². The van der Waals surface area contributed by atoms with Crippen molar-refractivity contribution in [3.63, 3.8) is 0 Å². The van der Waals surface area contributed by atoms with Crippen molar-refractivity contribution in [2.45, 2.75) is 50.8 Å². The van der Waals surface area contributed by atoms with Crippen LogP contribution in [0.25, 0.3) is 0 Å². The molecule has 0 spiro atoms. The molecule has 0 heterocycles. The van der Waals surface area contributed by atoms with Crippen LogP contribution >= 0.6 is 0 Å². The molecule has 1 fully saturated rings. The smallest absolute Gasteiger partial charge is 0.0695 e. The number of aliphatic hydroxyl groups excluding tert-OH is 1. The van der Waals surface area contributed by atoms with E-state index >= 15 is 0 Å². The van der Waals surface area contributed by atoms with Gasteiger partial charge in [-0.3, -0.25) is 4.90 Å². The largest absolute Gasteiger partial charge is 0.391 e. The molecule has 3 atom stereocenters. The molecule has 1 aliphatic rings. The van der Waals surface area contributed by atoms with E-state index in [0.717, 1.165) is 25.8 Å². The minimum absolute atomic E-state index is 0.195.